The minimum Gasteiger partial charge on any atom is -0.375 e. The Morgan fingerprint density at radius 1 is 1.29 bits per heavy atom. The maximum atomic E-state index is 5.74. The van der Waals surface area contributed by atoms with Crippen molar-refractivity contribution in [2.45, 2.75) is 59.6 Å². The number of aryl methyl sites for hydroxylation is 1. The largest absolute Gasteiger partial charge is 0.375 e. The number of hydrogen-bond acceptors (Lipinski definition) is 5. The number of nitrogens with one attached hydrogen (secondary N) is 1. The fraction of sp³-hybridized carbons (Fsp3) is 0.750. The van der Waals surface area contributed by atoms with Crippen LogP contribution in [0.1, 0.15) is 45.5 Å². The summed E-state index contributed by atoms with van der Waals surface area (Å²) in [5, 5.41) is 3.37. The minimum absolute atomic E-state index is 0.243. The van der Waals surface area contributed by atoms with E-state index in [-0.39, 0.29) is 6.10 Å². The van der Waals surface area contributed by atoms with E-state index >= 15 is 0 Å². The van der Waals surface area contributed by atoms with Gasteiger partial charge in [-0.15, -0.1) is 0 Å². The van der Waals surface area contributed by atoms with Crippen LogP contribution in [0.25, 0.3) is 0 Å². The van der Waals surface area contributed by atoms with Gasteiger partial charge in [0.15, 0.2) is 0 Å². The highest BCUT2D eigenvalue weighted by atomic mass is 16.5. The molecule has 2 rings (SSSR count). The molecular formula is C16H28N4O. The molecule has 0 aromatic carbocycles. The van der Waals surface area contributed by atoms with Crippen LogP contribution in [-0.2, 0) is 11.2 Å². The smallest absolute Gasteiger partial charge is 0.137 e. The molecule has 1 N–H and O–H groups in total. The van der Waals surface area contributed by atoms with Crippen LogP contribution >= 0.6 is 0 Å². The number of anilines is 2. The molecule has 0 bridgehead atoms. The molecular weight excluding hydrogens is 264 g/mol. The average Bonchev–Trinajstić information content (AvgIpc) is 2.45. The van der Waals surface area contributed by atoms with Crippen LogP contribution in [0.3, 0.4) is 0 Å². The van der Waals surface area contributed by atoms with Gasteiger partial charge in [-0.2, -0.15) is 0 Å². The predicted octanol–water partition coefficient (Wildman–Crippen LogP) is 2.78. The maximum Gasteiger partial charge on any atom is 0.137 e. The molecule has 21 heavy (non-hydrogen) atoms. The van der Waals surface area contributed by atoms with Crippen LogP contribution in [0.5, 0.6) is 0 Å². The zero-order chi connectivity index (χ0) is 15.4. The van der Waals surface area contributed by atoms with Gasteiger partial charge in [0.2, 0.25) is 0 Å². The van der Waals surface area contributed by atoms with Crippen molar-refractivity contribution in [3.63, 3.8) is 0 Å². The minimum atomic E-state index is 0.243. The van der Waals surface area contributed by atoms with E-state index in [2.05, 4.69) is 49.8 Å². The lowest BCUT2D eigenvalue weighted by Crippen LogP contribution is -2.48. The van der Waals surface area contributed by atoms with Crippen LogP contribution in [0, 0.1) is 6.92 Å². The van der Waals surface area contributed by atoms with E-state index in [0.29, 0.717) is 6.04 Å². The third-order valence-corrected chi connectivity index (χ3v) is 3.86. The second-order valence-corrected chi connectivity index (χ2v) is 5.86. The van der Waals surface area contributed by atoms with Crippen LogP contribution in [0.2, 0.25) is 0 Å². The fourth-order valence-corrected chi connectivity index (χ4v) is 2.70. The summed E-state index contributed by atoms with van der Waals surface area (Å²) >= 11 is 0. The summed E-state index contributed by atoms with van der Waals surface area (Å²) in [6, 6.07) is 0.346. The summed E-state index contributed by atoms with van der Waals surface area (Å²) in [5.41, 5.74) is 1.14. The summed E-state index contributed by atoms with van der Waals surface area (Å²) in [7, 11) is 0. The highest BCUT2D eigenvalue weighted by Crippen LogP contribution is 2.27. The highest BCUT2D eigenvalue weighted by molar-refractivity contribution is 5.59. The predicted molar refractivity (Wildman–Crippen MR) is 87.1 cm³/mol. The van der Waals surface area contributed by atoms with Gasteiger partial charge in [-0.3, -0.25) is 0 Å². The first-order chi connectivity index (χ1) is 10.1. The molecule has 2 heterocycles. The number of hydrogen-bond donors (Lipinski definition) is 1. The molecule has 0 radical (unpaired) electrons. The normalized spacial score (nSPS) is 22.4. The second kappa shape index (κ2) is 7.07. The van der Waals surface area contributed by atoms with Crippen molar-refractivity contribution in [2.75, 3.05) is 29.9 Å². The quantitative estimate of drug-likeness (QED) is 0.904. The Morgan fingerprint density at radius 3 is 2.71 bits per heavy atom. The molecule has 1 saturated heterocycles. The average molecular weight is 292 g/mol. The van der Waals surface area contributed by atoms with Crippen molar-refractivity contribution < 1.29 is 4.74 Å². The van der Waals surface area contributed by atoms with Gasteiger partial charge in [-0.1, -0.05) is 6.92 Å². The fourth-order valence-electron chi connectivity index (χ4n) is 2.70. The molecule has 118 valence electrons. The molecule has 2 unspecified atom stereocenters. The van der Waals surface area contributed by atoms with Crippen LogP contribution in [-0.4, -0.2) is 41.8 Å². The van der Waals surface area contributed by atoms with Crippen LogP contribution < -0.4 is 10.2 Å². The maximum absolute atomic E-state index is 5.74. The number of rotatable bonds is 5. The van der Waals surface area contributed by atoms with Crippen molar-refractivity contribution >= 4 is 11.6 Å². The van der Waals surface area contributed by atoms with Crippen LogP contribution in [0.15, 0.2) is 0 Å². The lowest BCUT2D eigenvalue weighted by Gasteiger charge is -2.38. The Labute approximate surface area is 128 Å². The molecule has 1 aliphatic rings. The van der Waals surface area contributed by atoms with E-state index < -0.39 is 0 Å². The third-order valence-electron chi connectivity index (χ3n) is 3.86. The molecule has 5 nitrogen and oxygen atoms in total. The van der Waals surface area contributed by atoms with Gasteiger partial charge in [0.25, 0.3) is 0 Å². The first-order valence-corrected chi connectivity index (χ1v) is 8.06. The monoisotopic (exact) mass is 292 g/mol. The van der Waals surface area contributed by atoms with Gasteiger partial charge >= 0.3 is 0 Å². The Balaban J connectivity index is 2.39. The van der Waals surface area contributed by atoms with E-state index in [1.54, 1.807) is 0 Å². The second-order valence-electron chi connectivity index (χ2n) is 5.86. The molecule has 5 heteroatoms. The Hall–Kier alpha value is -1.36. The molecule has 1 aromatic heterocycles. The lowest BCUT2D eigenvalue weighted by atomic mass is 10.1. The standard InChI is InChI=1S/C16H28N4O/c1-6-8-14-18-15(17-7-2)13(5)16(19-14)20-9-12(4)21-10-11(20)3/h11-12H,6-10H2,1-5H3,(H,17,18,19). The molecule has 0 saturated carbocycles. The molecule has 1 aromatic rings. The molecule has 2 atom stereocenters. The van der Waals surface area contributed by atoms with E-state index in [1.165, 1.54) is 0 Å². The van der Waals surface area contributed by atoms with E-state index in [4.69, 9.17) is 9.72 Å². The highest BCUT2D eigenvalue weighted by Gasteiger charge is 2.27. The molecule has 0 amide bonds. The first kappa shape index (κ1) is 16.0. The van der Waals surface area contributed by atoms with Crippen molar-refractivity contribution in [1.82, 2.24) is 9.97 Å². The summed E-state index contributed by atoms with van der Waals surface area (Å²) in [5.74, 6) is 2.96. The van der Waals surface area contributed by atoms with Gasteiger partial charge in [0, 0.05) is 25.1 Å². The molecule has 1 fully saturated rings. The van der Waals surface area contributed by atoms with Gasteiger partial charge in [0.05, 0.1) is 18.8 Å². The zero-order valence-corrected chi connectivity index (χ0v) is 13.9. The molecule has 1 aliphatic heterocycles. The third kappa shape index (κ3) is 3.64. The Bertz CT molecular complexity index is 478. The SMILES string of the molecule is CCCc1nc(NCC)c(C)c(N2CC(C)OCC2C)n1. The Kier molecular flexibility index (Phi) is 5.39. The Morgan fingerprint density at radius 2 is 2.05 bits per heavy atom. The van der Waals surface area contributed by atoms with Gasteiger partial charge < -0.3 is 15.0 Å². The number of aromatic nitrogens is 2. The lowest BCUT2D eigenvalue weighted by molar-refractivity contribution is 0.0340. The summed E-state index contributed by atoms with van der Waals surface area (Å²) in [6.07, 6.45) is 2.22. The summed E-state index contributed by atoms with van der Waals surface area (Å²) in [6.45, 7) is 13.2. The van der Waals surface area contributed by atoms with E-state index in [0.717, 1.165) is 55.6 Å². The molecule has 0 spiro atoms. The topological polar surface area (TPSA) is 50.3 Å². The van der Waals surface area contributed by atoms with E-state index in [1.807, 2.05) is 0 Å². The number of ether oxygens (including phenoxy) is 1. The molecule has 0 aliphatic carbocycles. The van der Waals surface area contributed by atoms with Crippen molar-refractivity contribution in [3.05, 3.63) is 11.4 Å². The summed E-state index contributed by atoms with van der Waals surface area (Å²) in [4.78, 5) is 11.9. The first-order valence-electron chi connectivity index (χ1n) is 8.06. The van der Waals surface area contributed by atoms with Crippen molar-refractivity contribution in [1.29, 1.82) is 0 Å². The zero-order valence-electron chi connectivity index (χ0n) is 13.9. The van der Waals surface area contributed by atoms with Gasteiger partial charge in [0.1, 0.15) is 17.5 Å². The van der Waals surface area contributed by atoms with Gasteiger partial charge in [-0.25, -0.2) is 9.97 Å². The van der Waals surface area contributed by atoms with E-state index in [9.17, 15) is 0 Å². The van der Waals surface area contributed by atoms with Crippen molar-refractivity contribution in [2.24, 2.45) is 0 Å². The number of nitrogens with zero attached hydrogens (tertiary/aromatic N) is 3. The summed E-state index contributed by atoms with van der Waals surface area (Å²) < 4.78 is 5.74. The van der Waals surface area contributed by atoms with Crippen molar-refractivity contribution in [3.8, 4) is 0 Å². The van der Waals surface area contributed by atoms with Gasteiger partial charge in [-0.05, 0) is 34.1 Å². The van der Waals surface area contributed by atoms with Crippen LogP contribution in [0.4, 0.5) is 11.6 Å². The number of morpholine rings is 1.